The van der Waals surface area contributed by atoms with Crippen molar-refractivity contribution in [3.05, 3.63) is 34.3 Å². The summed E-state index contributed by atoms with van der Waals surface area (Å²) in [5.74, 6) is 0.834. The van der Waals surface area contributed by atoms with Crippen molar-refractivity contribution in [1.82, 2.24) is 0 Å². The van der Waals surface area contributed by atoms with Gasteiger partial charge in [-0.2, -0.15) is 0 Å². The summed E-state index contributed by atoms with van der Waals surface area (Å²) in [5.41, 5.74) is 8.08. The van der Waals surface area contributed by atoms with Crippen LogP contribution in [0, 0.1) is 0 Å². The SMILES string of the molecule is CC(CN)c1ccc(C2CCOC2)c(Cl)c1. The molecule has 1 aliphatic rings. The minimum Gasteiger partial charge on any atom is -0.381 e. The predicted molar refractivity (Wildman–Crippen MR) is 67.1 cm³/mol. The van der Waals surface area contributed by atoms with Gasteiger partial charge in [0.15, 0.2) is 0 Å². The van der Waals surface area contributed by atoms with Crippen LogP contribution in [0.4, 0.5) is 0 Å². The summed E-state index contributed by atoms with van der Waals surface area (Å²) in [4.78, 5) is 0. The van der Waals surface area contributed by atoms with Gasteiger partial charge in [-0.05, 0) is 36.1 Å². The topological polar surface area (TPSA) is 35.2 Å². The van der Waals surface area contributed by atoms with Crippen molar-refractivity contribution in [2.75, 3.05) is 19.8 Å². The van der Waals surface area contributed by atoms with E-state index in [9.17, 15) is 0 Å². The van der Waals surface area contributed by atoms with Gasteiger partial charge in [0.25, 0.3) is 0 Å². The van der Waals surface area contributed by atoms with E-state index in [2.05, 4.69) is 19.1 Å². The van der Waals surface area contributed by atoms with Gasteiger partial charge in [-0.1, -0.05) is 30.7 Å². The average molecular weight is 240 g/mol. The Balaban J connectivity index is 2.22. The molecule has 0 radical (unpaired) electrons. The lowest BCUT2D eigenvalue weighted by Gasteiger charge is -2.14. The van der Waals surface area contributed by atoms with Crippen molar-refractivity contribution in [2.45, 2.75) is 25.2 Å². The van der Waals surface area contributed by atoms with Gasteiger partial charge in [0, 0.05) is 17.5 Å². The van der Waals surface area contributed by atoms with E-state index >= 15 is 0 Å². The second kappa shape index (κ2) is 5.17. The Labute approximate surface area is 102 Å². The van der Waals surface area contributed by atoms with Crippen LogP contribution in [0.25, 0.3) is 0 Å². The lowest BCUT2D eigenvalue weighted by molar-refractivity contribution is 0.194. The van der Waals surface area contributed by atoms with Gasteiger partial charge in [-0.3, -0.25) is 0 Å². The molecule has 1 aromatic rings. The number of rotatable bonds is 3. The molecule has 2 atom stereocenters. The van der Waals surface area contributed by atoms with Crippen LogP contribution >= 0.6 is 11.6 Å². The molecule has 16 heavy (non-hydrogen) atoms. The molecule has 1 fully saturated rings. The molecule has 2 N–H and O–H groups in total. The monoisotopic (exact) mass is 239 g/mol. The van der Waals surface area contributed by atoms with E-state index in [1.54, 1.807) is 0 Å². The van der Waals surface area contributed by atoms with Crippen LogP contribution < -0.4 is 5.73 Å². The van der Waals surface area contributed by atoms with Crippen molar-refractivity contribution in [3.8, 4) is 0 Å². The lowest BCUT2D eigenvalue weighted by atomic mass is 9.94. The van der Waals surface area contributed by atoms with Gasteiger partial charge < -0.3 is 10.5 Å². The third-order valence-corrected chi connectivity index (χ3v) is 3.64. The first kappa shape index (κ1) is 11.9. The summed E-state index contributed by atoms with van der Waals surface area (Å²) < 4.78 is 5.39. The molecular formula is C13H18ClNO. The van der Waals surface area contributed by atoms with Gasteiger partial charge in [-0.25, -0.2) is 0 Å². The van der Waals surface area contributed by atoms with Gasteiger partial charge in [-0.15, -0.1) is 0 Å². The molecule has 1 saturated heterocycles. The molecule has 1 heterocycles. The van der Waals surface area contributed by atoms with E-state index < -0.39 is 0 Å². The van der Waals surface area contributed by atoms with Crippen LogP contribution in [0.3, 0.4) is 0 Å². The van der Waals surface area contributed by atoms with Gasteiger partial charge in [0.1, 0.15) is 0 Å². The Morgan fingerprint density at radius 2 is 2.38 bits per heavy atom. The van der Waals surface area contributed by atoms with Crippen molar-refractivity contribution < 1.29 is 4.74 Å². The van der Waals surface area contributed by atoms with Crippen molar-refractivity contribution in [1.29, 1.82) is 0 Å². The number of ether oxygens (including phenoxy) is 1. The number of nitrogens with two attached hydrogens (primary N) is 1. The van der Waals surface area contributed by atoms with Crippen LogP contribution in [-0.2, 0) is 4.74 Å². The maximum absolute atomic E-state index is 6.31. The molecule has 2 unspecified atom stereocenters. The first-order valence-electron chi connectivity index (χ1n) is 5.79. The van der Waals surface area contributed by atoms with E-state index in [1.807, 2.05) is 6.07 Å². The summed E-state index contributed by atoms with van der Waals surface area (Å²) in [6, 6.07) is 6.31. The minimum absolute atomic E-state index is 0.367. The lowest BCUT2D eigenvalue weighted by Crippen LogP contribution is -2.09. The zero-order chi connectivity index (χ0) is 11.5. The van der Waals surface area contributed by atoms with Crippen molar-refractivity contribution in [2.24, 2.45) is 5.73 Å². The molecule has 2 nitrogen and oxygen atoms in total. The van der Waals surface area contributed by atoms with Crippen LogP contribution in [-0.4, -0.2) is 19.8 Å². The zero-order valence-electron chi connectivity index (χ0n) is 9.58. The fourth-order valence-corrected chi connectivity index (χ4v) is 2.44. The normalized spacial score (nSPS) is 22.3. The maximum Gasteiger partial charge on any atom is 0.0536 e. The van der Waals surface area contributed by atoms with Crippen LogP contribution in [0.5, 0.6) is 0 Å². The van der Waals surface area contributed by atoms with Crippen molar-refractivity contribution >= 4 is 11.6 Å². The molecule has 0 bridgehead atoms. The third-order valence-electron chi connectivity index (χ3n) is 3.32. The molecule has 0 aromatic heterocycles. The zero-order valence-corrected chi connectivity index (χ0v) is 10.3. The highest BCUT2D eigenvalue weighted by Crippen LogP contribution is 2.32. The molecule has 0 spiro atoms. The van der Waals surface area contributed by atoms with E-state index in [1.165, 1.54) is 11.1 Å². The first-order valence-corrected chi connectivity index (χ1v) is 6.17. The first-order chi connectivity index (χ1) is 7.72. The summed E-state index contributed by atoms with van der Waals surface area (Å²) in [6.45, 7) is 4.42. The molecule has 0 amide bonds. The maximum atomic E-state index is 6.31. The second-order valence-corrected chi connectivity index (χ2v) is 4.89. The van der Waals surface area contributed by atoms with E-state index in [0.717, 1.165) is 24.7 Å². The predicted octanol–water partition coefficient (Wildman–Crippen LogP) is 2.91. The number of benzene rings is 1. The van der Waals surface area contributed by atoms with Gasteiger partial charge in [0.2, 0.25) is 0 Å². The highest BCUT2D eigenvalue weighted by atomic mass is 35.5. The summed E-state index contributed by atoms with van der Waals surface area (Å²) in [6.07, 6.45) is 1.07. The van der Waals surface area contributed by atoms with Crippen LogP contribution in [0.2, 0.25) is 5.02 Å². The quantitative estimate of drug-likeness (QED) is 0.880. The molecule has 0 aliphatic carbocycles. The minimum atomic E-state index is 0.367. The van der Waals surface area contributed by atoms with Gasteiger partial charge in [0.05, 0.1) is 6.61 Å². The third kappa shape index (κ3) is 2.40. The highest BCUT2D eigenvalue weighted by Gasteiger charge is 2.20. The summed E-state index contributed by atoms with van der Waals surface area (Å²) in [7, 11) is 0. The van der Waals surface area contributed by atoms with E-state index in [4.69, 9.17) is 22.1 Å². The standard InChI is InChI=1S/C13H18ClNO/c1-9(7-15)10-2-3-12(13(14)6-10)11-4-5-16-8-11/h2-3,6,9,11H,4-5,7-8,15H2,1H3. The smallest absolute Gasteiger partial charge is 0.0536 e. The number of hydrogen-bond donors (Lipinski definition) is 1. The fourth-order valence-electron chi connectivity index (χ4n) is 2.10. The second-order valence-electron chi connectivity index (χ2n) is 4.48. The van der Waals surface area contributed by atoms with E-state index in [0.29, 0.717) is 18.4 Å². The van der Waals surface area contributed by atoms with Crippen LogP contribution in [0.1, 0.15) is 36.3 Å². The summed E-state index contributed by atoms with van der Waals surface area (Å²) in [5, 5.41) is 0.855. The van der Waals surface area contributed by atoms with Crippen LogP contribution in [0.15, 0.2) is 18.2 Å². The number of hydrogen-bond acceptors (Lipinski definition) is 2. The Morgan fingerprint density at radius 3 is 2.94 bits per heavy atom. The highest BCUT2D eigenvalue weighted by molar-refractivity contribution is 6.31. The molecule has 0 saturated carbocycles. The Kier molecular flexibility index (Phi) is 3.85. The largest absolute Gasteiger partial charge is 0.381 e. The molecule has 1 aromatic carbocycles. The molecule has 2 rings (SSSR count). The number of halogens is 1. The molecule has 1 aliphatic heterocycles. The molecule has 88 valence electrons. The fraction of sp³-hybridized carbons (Fsp3) is 0.538. The summed E-state index contributed by atoms with van der Waals surface area (Å²) >= 11 is 6.31. The van der Waals surface area contributed by atoms with Gasteiger partial charge >= 0.3 is 0 Å². The Morgan fingerprint density at radius 1 is 1.56 bits per heavy atom. The molecular weight excluding hydrogens is 222 g/mol. The average Bonchev–Trinajstić information content (AvgIpc) is 2.81. The Bertz CT molecular complexity index is 361. The van der Waals surface area contributed by atoms with E-state index in [-0.39, 0.29) is 0 Å². The molecule has 3 heteroatoms. The Hall–Kier alpha value is -0.570. The van der Waals surface area contributed by atoms with Crippen molar-refractivity contribution in [3.63, 3.8) is 0 Å².